The van der Waals surface area contributed by atoms with E-state index in [0.717, 1.165) is 6.16 Å². The van der Waals surface area contributed by atoms with E-state index in [1.165, 1.54) is 48.2 Å². The molecule has 0 radical (unpaired) electrons. The van der Waals surface area contributed by atoms with Crippen LogP contribution in [0.5, 0.6) is 0 Å². The van der Waals surface area contributed by atoms with Crippen molar-refractivity contribution in [1.29, 1.82) is 0 Å². The summed E-state index contributed by atoms with van der Waals surface area (Å²) in [5.74, 6) is -2.76. The Balaban J connectivity index is 0.000000431. The summed E-state index contributed by atoms with van der Waals surface area (Å²) in [5.41, 5.74) is 0. The summed E-state index contributed by atoms with van der Waals surface area (Å²) >= 11 is 0. The monoisotopic (exact) mass is 567 g/mol. The number of halogens is 3. The van der Waals surface area contributed by atoms with Gasteiger partial charge in [-0.3, -0.25) is 0 Å². The summed E-state index contributed by atoms with van der Waals surface area (Å²) in [6.45, 7) is 4.29. The van der Waals surface area contributed by atoms with Crippen LogP contribution in [0.25, 0.3) is 32.3 Å². The van der Waals surface area contributed by atoms with E-state index < -0.39 is 19.4 Å². The quantitative estimate of drug-likeness (QED) is 0.168. The summed E-state index contributed by atoms with van der Waals surface area (Å²) < 4.78 is 31.7. The summed E-state index contributed by atoms with van der Waals surface area (Å²) in [7, 11) is -2.11. The maximum Gasteiger partial charge on any atom is 0.490 e. The molecule has 0 bridgehead atoms. The predicted molar refractivity (Wildman–Crippen MR) is 166 cm³/mol. The molecule has 2 nitrogen and oxygen atoms in total. The first-order valence-electron chi connectivity index (χ1n) is 13.0. The predicted octanol–water partition coefficient (Wildman–Crippen LogP) is 8.26. The average molecular weight is 568 g/mol. The number of alkyl halides is 3. The van der Waals surface area contributed by atoms with Crippen LogP contribution in [0.4, 0.5) is 13.2 Å². The maximum absolute atomic E-state index is 10.6. The Kier molecular flexibility index (Phi) is 7.92. The van der Waals surface area contributed by atoms with Crippen LogP contribution >= 0.6 is 7.26 Å². The Morgan fingerprint density at radius 1 is 0.610 bits per heavy atom. The summed E-state index contributed by atoms with van der Waals surface area (Å²) in [6.07, 6.45) is -2.04. The van der Waals surface area contributed by atoms with Crippen molar-refractivity contribution in [3.63, 3.8) is 0 Å². The number of carboxylic acids is 1. The molecular formula is C35H27F3O2P+. The number of rotatable bonds is 5. The molecule has 0 spiro atoms. The molecule has 0 saturated carbocycles. The van der Waals surface area contributed by atoms with Gasteiger partial charge in [-0.2, -0.15) is 13.2 Å². The van der Waals surface area contributed by atoms with E-state index in [1.807, 2.05) is 0 Å². The molecule has 0 aliphatic carbocycles. The molecule has 0 aromatic heterocycles. The van der Waals surface area contributed by atoms with Gasteiger partial charge in [0, 0.05) is 16.2 Å². The van der Waals surface area contributed by atoms with Crippen molar-refractivity contribution >= 4 is 61.5 Å². The number of fused-ring (bicyclic) bond motifs is 3. The summed E-state index contributed by atoms with van der Waals surface area (Å²) in [4.78, 5) is 8.90. The first-order valence-corrected chi connectivity index (χ1v) is 15.0. The number of carbonyl (C=O) groups is 1. The molecule has 0 atom stereocenters. The van der Waals surface area contributed by atoms with E-state index in [0.29, 0.717) is 0 Å². The Labute approximate surface area is 236 Å². The lowest BCUT2D eigenvalue weighted by Gasteiger charge is -2.29. The Morgan fingerprint density at radius 2 is 0.902 bits per heavy atom. The molecule has 1 N–H and O–H groups in total. The third-order valence-corrected chi connectivity index (χ3v) is 11.6. The van der Waals surface area contributed by atoms with E-state index in [-0.39, 0.29) is 0 Å². The molecule has 0 amide bonds. The van der Waals surface area contributed by atoms with Gasteiger partial charge >= 0.3 is 12.1 Å². The zero-order valence-electron chi connectivity index (χ0n) is 22.1. The smallest absolute Gasteiger partial charge is 0.475 e. The van der Waals surface area contributed by atoms with Gasteiger partial charge in [0.15, 0.2) is 0 Å². The van der Waals surface area contributed by atoms with Crippen molar-refractivity contribution in [1.82, 2.24) is 0 Å². The highest BCUT2D eigenvalue weighted by atomic mass is 31.2. The topological polar surface area (TPSA) is 37.3 Å². The van der Waals surface area contributed by atoms with Crippen molar-refractivity contribution in [2.45, 2.75) is 6.18 Å². The lowest BCUT2D eigenvalue weighted by atomic mass is 10.1. The van der Waals surface area contributed by atoms with Crippen LogP contribution in [0.3, 0.4) is 0 Å². The van der Waals surface area contributed by atoms with Gasteiger partial charge < -0.3 is 5.11 Å². The molecule has 0 saturated heterocycles. The number of aliphatic carboxylic acids is 1. The highest BCUT2D eigenvalue weighted by Gasteiger charge is 2.47. The van der Waals surface area contributed by atoms with Gasteiger partial charge in [0.05, 0.1) is 6.16 Å². The van der Waals surface area contributed by atoms with Crippen molar-refractivity contribution in [3.8, 4) is 0 Å². The normalized spacial score (nSPS) is 11.7. The molecule has 204 valence electrons. The molecule has 0 heterocycles. The van der Waals surface area contributed by atoms with E-state index in [1.54, 1.807) is 0 Å². The fourth-order valence-electron chi connectivity index (χ4n) is 5.50. The minimum atomic E-state index is -5.08. The molecule has 6 aromatic rings. The van der Waals surface area contributed by atoms with Crippen LogP contribution in [0.15, 0.2) is 140 Å². The highest BCUT2D eigenvalue weighted by molar-refractivity contribution is 7.96. The second-order valence-corrected chi connectivity index (χ2v) is 13.0. The molecule has 0 aliphatic rings. The molecule has 41 heavy (non-hydrogen) atoms. The molecular weight excluding hydrogens is 540 g/mol. The van der Waals surface area contributed by atoms with Crippen LogP contribution in [0.1, 0.15) is 0 Å². The van der Waals surface area contributed by atoms with Gasteiger partial charge in [-0.1, -0.05) is 122 Å². The van der Waals surface area contributed by atoms with E-state index in [9.17, 15) is 13.2 Å². The SMILES string of the molecule is C=CC[P+](c1cccc2ccccc12)(c1cccc2ccccc12)c1cccc2ccccc12.O=C(O)C(F)(F)F. The Hall–Kier alpha value is -4.47. The number of hydrogen-bond donors (Lipinski definition) is 1. The lowest BCUT2D eigenvalue weighted by molar-refractivity contribution is -0.192. The number of carboxylic acid groups (broad SMARTS) is 1. The second-order valence-electron chi connectivity index (χ2n) is 9.58. The second kappa shape index (κ2) is 11.6. The van der Waals surface area contributed by atoms with Crippen LogP contribution in [0.2, 0.25) is 0 Å². The van der Waals surface area contributed by atoms with Crippen LogP contribution < -0.4 is 15.9 Å². The molecule has 0 fully saturated rings. The van der Waals surface area contributed by atoms with Crippen LogP contribution in [-0.2, 0) is 4.79 Å². The maximum atomic E-state index is 10.6. The van der Waals surface area contributed by atoms with Gasteiger partial charge in [-0.05, 0) is 34.4 Å². The highest BCUT2D eigenvalue weighted by Crippen LogP contribution is 2.58. The van der Waals surface area contributed by atoms with Gasteiger partial charge in [0.25, 0.3) is 0 Å². The van der Waals surface area contributed by atoms with E-state index in [2.05, 4.69) is 140 Å². The Bertz CT molecular complexity index is 1670. The molecule has 0 unspecified atom stereocenters. The van der Waals surface area contributed by atoms with Gasteiger partial charge in [0.1, 0.15) is 23.2 Å². The molecule has 6 aromatic carbocycles. The molecule has 6 heteroatoms. The first-order chi connectivity index (χ1) is 19.8. The van der Waals surface area contributed by atoms with E-state index in [4.69, 9.17) is 9.90 Å². The number of hydrogen-bond acceptors (Lipinski definition) is 1. The van der Waals surface area contributed by atoms with Crippen molar-refractivity contribution < 1.29 is 23.1 Å². The minimum absolute atomic E-state index is 0.906. The zero-order valence-corrected chi connectivity index (χ0v) is 22.9. The third kappa shape index (κ3) is 5.33. The molecule has 0 aliphatic heterocycles. The lowest BCUT2D eigenvalue weighted by Crippen LogP contribution is -2.34. The van der Waals surface area contributed by atoms with Crippen molar-refractivity contribution in [2.24, 2.45) is 0 Å². The van der Waals surface area contributed by atoms with Gasteiger partial charge in [0.2, 0.25) is 0 Å². The van der Waals surface area contributed by atoms with Crippen LogP contribution in [0, 0.1) is 0 Å². The van der Waals surface area contributed by atoms with E-state index >= 15 is 0 Å². The molecule has 6 rings (SSSR count). The number of benzene rings is 6. The number of allylic oxidation sites excluding steroid dienone is 1. The van der Waals surface area contributed by atoms with Crippen LogP contribution in [-0.4, -0.2) is 23.4 Å². The zero-order chi connectivity index (χ0) is 29.0. The average Bonchev–Trinajstić information content (AvgIpc) is 2.99. The summed E-state index contributed by atoms with van der Waals surface area (Å²) in [5, 5.41) is 19.3. The standard InChI is InChI=1S/C33H26P.C2HF3O2/c1-2-24-34(31-21-9-15-25-12-3-6-18-28(25)31,32-22-10-16-26-13-4-7-19-29(26)32)33-23-11-17-27-14-5-8-20-30(27)33;3-2(4,5)1(6)7/h2-23H,1,24H2;(H,6,7)/q+1;. The fraction of sp³-hybridized carbons (Fsp3) is 0.0571. The fourth-order valence-corrected chi connectivity index (χ4v) is 10.1. The Morgan fingerprint density at radius 3 is 1.20 bits per heavy atom. The minimum Gasteiger partial charge on any atom is -0.475 e. The van der Waals surface area contributed by atoms with Crippen molar-refractivity contribution in [3.05, 3.63) is 140 Å². The first kappa shape index (κ1) is 28.1. The van der Waals surface area contributed by atoms with Crippen molar-refractivity contribution in [2.75, 3.05) is 6.16 Å². The van der Waals surface area contributed by atoms with Gasteiger partial charge in [-0.15, -0.1) is 0 Å². The third-order valence-electron chi connectivity index (χ3n) is 7.18. The largest absolute Gasteiger partial charge is 0.490 e. The van der Waals surface area contributed by atoms with Gasteiger partial charge in [-0.25, -0.2) is 4.79 Å². The summed E-state index contributed by atoms with van der Waals surface area (Å²) in [6, 6.07) is 46.9.